The average molecular weight is 1030 g/mol. The number of H-pyrrole nitrogens is 2. The number of rotatable bonds is 19. The molecular weight excluding hydrogens is 969 g/mol. The van der Waals surface area contributed by atoms with Crippen LogP contribution >= 0.6 is 0 Å². The third-order valence-corrected chi connectivity index (χ3v) is 12.7. The fourth-order valence-electron chi connectivity index (χ4n) is 8.63. The minimum atomic E-state index is -1.07. The van der Waals surface area contributed by atoms with Gasteiger partial charge in [0.2, 0.25) is 5.91 Å². The number of aromatic nitrogens is 8. The minimum absolute atomic E-state index is 0.123. The number of aliphatic carboxylic acids is 1. The normalized spacial score (nSPS) is 10.8. The number of pyridine rings is 2. The van der Waals surface area contributed by atoms with E-state index in [0.29, 0.717) is 37.6 Å². The Labute approximate surface area is 445 Å². The van der Waals surface area contributed by atoms with Gasteiger partial charge in [0.25, 0.3) is 11.1 Å². The lowest BCUT2D eigenvalue weighted by atomic mass is 10.1. The van der Waals surface area contributed by atoms with Gasteiger partial charge in [-0.2, -0.15) is 0 Å². The van der Waals surface area contributed by atoms with Crippen LogP contribution in [0.4, 0.5) is 11.6 Å². The minimum Gasteiger partial charge on any atom is -0.480 e. The molecule has 0 saturated heterocycles. The maximum Gasteiger partial charge on any atom is 0.323 e. The van der Waals surface area contributed by atoms with E-state index in [0.717, 1.165) is 86.7 Å². The number of anilines is 2. The molecule has 8 N–H and O–H groups in total. The Morgan fingerprint density at radius 3 is 1.51 bits per heavy atom. The van der Waals surface area contributed by atoms with Gasteiger partial charge >= 0.3 is 5.97 Å². The molecule has 0 aliphatic heterocycles. The van der Waals surface area contributed by atoms with Gasteiger partial charge in [-0.3, -0.25) is 38.3 Å². The Bertz CT molecular complexity index is 3620. The van der Waals surface area contributed by atoms with Gasteiger partial charge in [-0.15, -0.1) is 0 Å². The maximum atomic E-state index is 13.5. The number of nitrogens with one attached hydrogen (secondary N) is 5. The van der Waals surface area contributed by atoms with Crippen LogP contribution in [-0.4, -0.2) is 69.1 Å². The van der Waals surface area contributed by atoms with Gasteiger partial charge in [-0.25, -0.2) is 9.97 Å². The number of benzene rings is 4. The highest BCUT2D eigenvalue weighted by Crippen LogP contribution is 2.22. The zero-order valence-corrected chi connectivity index (χ0v) is 43.1. The van der Waals surface area contributed by atoms with Crippen molar-refractivity contribution in [3.63, 3.8) is 0 Å². The highest BCUT2D eigenvalue weighted by Gasteiger charge is 2.17. The number of aryl methyl sites for hydroxylation is 2. The molecule has 0 spiro atoms. The van der Waals surface area contributed by atoms with Gasteiger partial charge < -0.3 is 36.8 Å². The van der Waals surface area contributed by atoms with Crippen molar-refractivity contribution in [1.29, 1.82) is 0 Å². The van der Waals surface area contributed by atoms with Crippen LogP contribution in [0, 0.1) is 0 Å². The van der Waals surface area contributed by atoms with Gasteiger partial charge in [0.15, 0.2) is 11.6 Å². The zero-order chi connectivity index (χ0) is 53.9. The maximum absolute atomic E-state index is 13.5. The second kappa shape index (κ2) is 26.6. The summed E-state index contributed by atoms with van der Waals surface area (Å²) in [4.78, 5) is 74.1. The standard InChI is InChI=1S/C30H30N6O2.C22H23N3O3.C8H9N3/c1-2-21-9-6-10-23(15-21)27-19-34-29(32-14-11-22-7-4-3-5-8-22)30(38)36(27)20-28(37)33-18-25-16-24-17-31-13-12-26(24)35-25;1-2-16-9-6-10-18(13-16)19-14-24-21(22(28)25(19)15-20(26)27)23-12-11-17-7-4-3-5-8-17;9-4-7-3-6-5-10-2-1-8(6)11-7/h3-10,12-13,15-17,19,35H,2,11,14,18,20H2,1H3,(H,32,34)(H,33,37);3-10,13-14H,2,11-12,15H2,1H3,(H,23,24)(H,26,27);1-3,5,11H,4,9H2. The molecule has 10 aromatic rings. The summed E-state index contributed by atoms with van der Waals surface area (Å²) in [5, 5.41) is 20.5. The molecule has 0 saturated carbocycles. The summed E-state index contributed by atoms with van der Waals surface area (Å²) in [7, 11) is 0. The van der Waals surface area contributed by atoms with Crippen LogP contribution in [0.25, 0.3) is 44.3 Å². The van der Waals surface area contributed by atoms with Gasteiger partial charge in [-0.05, 0) is 84.3 Å². The number of hydrogen-bond donors (Lipinski definition) is 7. The van der Waals surface area contributed by atoms with Gasteiger partial charge in [0.05, 0.1) is 30.3 Å². The molecule has 0 fully saturated rings. The summed E-state index contributed by atoms with van der Waals surface area (Å²) in [5.41, 5.74) is 16.0. The fourth-order valence-corrected chi connectivity index (χ4v) is 8.63. The van der Waals surface area contributed by atoms with Gasteiger partial charge in [0, 0.05) is 88.7 Å². The number of nitrogens with zero attached hydrogens (tertiary/aromatic N) is 6. The molecule has 17 heteroatoms. The largest absolute Gasteiger partial charge is 0.480 e. The molecule has 0 aliphatic carbocycles. The molecule has 0 unspecified atom stereocenters. The van der Waals surface area contributed by atoms with Crippen molar-refractivity contribution in [3.8, 4) is 22.5 Å². The van der Waals surface area contributed by atoms with Crippen molar-refractivity contribution in [2.45, 2.75) is 65.7 Å². The Morgan fingerprint density at radius 2 is 1.04 bits per heavy atom. The van der Waals surface area contributed by atoms with Gasteiger partial charge in [0.1, 0.15) is 13.1 Å². The van der Waals surface area contributed by atoms with Crippen molar-refractivity contribution in [3.05, 3.63) is 225 Å². The quantitative estimate of drug-likeness (QED) is 0.0403. The van der Waals surface area contributed by atoms with Crippen molar-refractivity contribution in [1.82, 2.24) is 44.4 Å². The first kappa shape index (κ1) is 53.8. The van der Waals surface area contributed by atoms with E-state index in [1.54, 1.807) is 31.0 Å². The lowest BCUT2D eigenvalue weighted by Gasteiger charge is -2.15. The van der Waals surface area contributed by atoms with E-state index >= 15 is 0 Å². The predicted octanol–water partition coefficient (Wildman–Crippen LogP) is 8.55. The smallest absolute Gasteiger partial charge is 0.323 e. The van der Waals surface area contributed by atoms with Crippen LogP contribution in [0.1, 0.15) is 47.5 Å². The first-order chi connectivity index (χ1) is 37.6. The van der Waals surface area contributed by atoms with Crippen LogP contribution in [0.2, 0.25) is 0 Å². The third-order valence-electron chi connectivity index (χ3n) is 12.7. The third kappa shape index (κ3) is 14.6. The van der Waals surface area contributed by atoms with E-state index in [9.17, 15) is 24.3 Å². The average Bonchev–Trinajstić information content (AvgIpc) is 4.10. The molecule has 77 heavy (non-hydrogen) atoms. The molecule has 6 aromatic heterocycles. The summed E-state index contributed by atoms with van der Waals surface area (Å²) >= 11 is 0. The molecule has 6 heterocycles. The highest BCUT2D eigenvalue weighted by atomic mass is 16.4. The van der Waals surface area contributed by atoms with Crippen LogP contribution in [0.15, 0.2) is 180 Å². The number of fused-ring (bicyclic) bond motifs is 2. The second-order valence-corrected chi connectivity index (χ2v) is 18.1. The van der Waals surface area contributed by atoms with E-state index in [4.69, 9.17) is 5.73 Å². The second-order valence-electron chi connectivity index (χ2n) is 18.1. The first-order valence-corrected chi connectivity index (χ1v) is 25.5. The van der Waals surface area contributed by atoms with E-state index in [-0.39, 0.29) is 29.6 Å². The molecule has 10 rings (SSSR count). The van der Waals surface area contributed by atoms with Crippen molar-refractivity contribution in [2.24, 2.45) is 5.73 Å². The van der Waals surface area contributed by atoms with Crippen LogP contribution in [0.5, 0.6) is 0 Å². The molecule has 0 radical (unpaired) electrons. The van der Waals surface area contributed by atoms with Crippen molar-refractivity contribution >= 4 is 45.3 Å². The molecule has 4 aromatic carbocycles. The number of amides is 1. The predicted molar refractivity (Wildman–Crippen MR) is 303 cm³/mol. The zero-order valence-electron chi connectivity index (χ0n) is 43.1. The summed E-state index contributed by atoms with van der Waals surface area (Å²) in [6, 6.07) is 43.4. The Morgan fingerprint density at radius 1 is 0.571 bits per heavy atom. The van der Waals surface area contributed by atoms with Crippen LogP contribution < -0.4 is 32.8 Å². The summed E-state index contributed by atoms with van der Waals surface area (Å²) in [6.07, 6.45) is 13.5. The number of carbonyl (C=O) groups is 2. The summed E-state index contributed by atoms with van der Waals surface area (Å²) in [6.45, 7) is 5.54. The number of nitrogens with two attached hydrogens (primary N) is 1. The lowest BCUT2D eigenvalue weighted by Crippen LogP contribution is -2.34. The van der Waals surface area contributed by atoms with Crippen LogP contribution in [-0.2, 0) is 61.5 Å². The number of hydrogen-bond acceptors (Lipinski definition) is 11. The van der Waals surface area contributed by atoms with E-state index < -0.39 is 18.1 Å². The first-order valence-electron chi connectivity index (χ1n) is 25.5. The van der Waals surface area contributed by atoms with E-state index in [1.165, 1.54) is 14.7 Å². The monoisotopic (exact) mass is 1030 g/mol. The summed E-state index contributed by atoms with van der Waals surface area (Å²) < 4.78 is 2.76. The number of carbonyl (C=O) groups excluding carboxylic acids is 1. The molecule has 17 nitrogen and oxygen atoms in total. The molecule has 1 amide bonds. The number of carboxylic acid groups (broad SMARTS) is 1. The SMILES string of the molecule is CCc1cccc(-c2cnc(NCCc3ccccc3)c(=O)n2CC(=O)NCc2cc3cnccc3[nH]2)c1.CCc1cccc(-c2cnc(NCCc3ccccc3)c(=O)n2CC(=O)O)c1.NCc1cc2cnccc2[nH]1. The van der Waals surface area contributed by atoms with Crippen LogP contribution in [0.3, 0.4) is 0 Å². The number of carboxylic acids is 1. The Balaban J connectivity index is 0.000000175. The molecule has 0 atom stereocenters. The fraction of sp³-hybridized carbons (Fsp3) is 0.200. The van der Waals surface area contributed by atoms with E-state index in [2.05, 4.69) is 52.8 Å². The Hall–Kier alpha value is -9.48. The summed E-state index contributed by atoms with van der Waals surface area (Å²) in [5.74, 6) is -0.950. The van der Waals surface area contributed by atoms with Crippen molar-refractivity contribution in [2.75, 3.05) is 23.7 Å². The van der Waals surface area contributed by atoms with Crippen molar-refractivity contribution < 1.29 is 14.7 Å². The molecular formula is C60H62N12O5. The topological polar surface area (TPSA) is 244 Å². The molecule has 0 bridgehead atoms. The van der Waals surface area contributed by atoms with Gasteiger partial charge in [-0.1, -0.05) is 111 Å². The highest BCUT2D eigenvalue weighted by molar-refractivity contribution is 5.81. The lowest BCUT2D eigenvalue weighted by molar-refractivity contribution is -0.137. The molecule has 0 aliphatic rings. The number of aromatic amines is 2. The van der Waals surface area contributed by atoms with E-state index in [1.807, 2.05) is 147 Å². The Kier molecular flexibility index (Phi) is 18.6. The molecule has 392 valence electrons.